The van der Waals surface area contributed by atoms with Crippen molar-refractivity contribution < 1.29 is 18.7 Å². The quantitative estimate of drug-likeness (QED) is 0.264. The van der Waals surface area contributed by atoms with Gasteiger partial charge in [-0.2, -0.15) is 0 Å². The lowest BCUT2D eigenvalue weighted by Crippen LogP contribution is -2.31. The van der Waals surface area contributed by atoms with Gasteiger partial charge in [-0.3, -0.25) is 15.0 Å². The van der Waals surface area contributed by atoms with Gasteiger partial charge in [0.25, 0.3) is 5.91 Å². The zero-order valence-corrected chi connectivity index (χ0v) is 24.5. The smallest absolute Gasteiger partial charge is 0.320 e. The van der Waals surface area contributed by atoms with Crippen LogP contribution >= 0.6 is 0 Å². The van der Waals surface area contributed by atoms with E-state index >= 15 is 0 Å². The summed E-state index contributed by atoms with van der Waals surface area (Å²) in [5.41, 5.74) is 3.67. The van der Waals surface area contributed by atoms with Crippen LogP contribution in [0.4, 0.5) is 20.7 Å². The highest BCUT2D eigenvalue weighted by Gasteiger charge is 2.24. The highest BCUT2D eigenvalue weighted by Crippen LogP contribution is 2.21. The van der Waals surface area contributed by atoms with Crippen LogP contribution in [0.5, 0.6) is 0 Å². The number of aryl methyl sites for hydroxylation is 1. The number of anilines is 2. The molecule has 4 rings (SSSR count). The minimum atomic E-state index is -0.372. The van der Waals surface area contributed by atoms with Gasteiger partial charge in [0.1, 0.15) is 11.6 Å². The monoisotopic (exact) mass is 572 g/mol. The number of aromatic nitrogens is 1. The number of hydrogen-bond acceptors (Lipinski definition) is 6. The molecule has 9 nitrogen and oxygen atoms in total. The Morgan fingerprint density at radius 1 is 1.12 bits per heavy atom. The summed E-state index contributed by atoms with van der Waals surface area (Å²) in [6.45, 7) is 5.12. The number of benzene rings is 2. The zero-order valence-electron chi connectivity index (χ0n) is 24.5. The average Bonchev–Trinajstić information content (AvgIpc) is 3.44. The maximum absolute atomic E-state index is 14.9. The Balaban J connectivity index is 1.36. The molecule has 1 aliphatic rings. The van der Waals surface area contributed by atoms with Crippen LogP contribution in [-0.4, -0.2) is 80.2 Å². The summed E-state index contributed by atoms with van der Waals surface area (Å²) >= 11 is 0. The molecule has 0 aliphatic carbocycles. The van der Waals surface area contributed by atoms with Gasteiger partial charge in [0.15, 0.2) is 0 Å². The van der Waals surface area contributed by atoms with Gasteiger partial charge in [-0.1, -0.05) is 24.0 Å². The van der Waals surface area contributed by atoms with Crippen molar-refractivity contribution in [1.82, 2.24) is 20.1 Å². The molecule has 42 heavy (non-hydrogen) atoms. The second-order valence-electron chi connectivity index (χ2n) is 10.5. The Kier molecular flexibility index (Phi) is 10.6. The first-order chi connectivity index (χ1) is 20.2. The zero-order chi connectivity index (χ0) is 30.1. The highest BCUT2D eigenvalue weighted by atomic mass is 19.1. The minimum Gasteiger partial charge on any atom is -0.383 e. The van der Waals surface area contributed by atoms with E-state index in [2.05, 4.69) is 56.7 Å². The molecule has 0 radical (unpaired) electrons. The molecule has 0 saturated carbocycles. The summed E-state index contributed by atoms with van der Waals surface area (Å²) in [5, 5.41) is 8.09. The summed E-state index contributed by atoms with van der Waals surface area (Å²) in [7, 11) is 5.70. The Bertz CT molecular complexity index is 1470. The predicted octanol–water partition coefficient (Wildman–Crippen LogP) is 4.09. The van der Waals surface area contributed by atoms with Crippen molar-refractivity contribution in [2.45, 2.75) is 25.9 Å². The van der Waals surface area contributed by atoms with Gasteiger partial charge in [0.05, 0.1) is 6.61 Å². The highest BCUT2D eigenvalue weighted by molar-refractivity contribution is 6.04. The number of nitrogens with one attached hydrogen (secondary N) is 3. The molecule has 2 heterocycles. The number of hydrogen-bond donors (Lipinski definition) is 3. The van der Waals surface area contributed by atoms with E-state index in [1.54, 1.807) is 49.7 Å². The fraction of sp³-hybridized carbons (Fsp3) is 0.344. The van der Waals surface area contributed by atoms with Crippen LogP contribution in [0.15, 0.2) is 54.7 Å². The molecule has 1 aliphatic heterocycles. The molecule has 220 valence electrons. The number of halogens is 1. The summed E-state index contributed by atoms with van der Waals surface area (Å²) in [4.78, 5) is 33.5. The maximum Gasteiger partial charge on any atom is 0.320 e. The Morgan fingerprint density at radius 3 is 2.64 bits per heavy atom. The first-order valence-electron chi connectivity index (χ1n) is 13.8. The normalized spacial score (nSPS) is 14.8. The fourth-order valence-corrected chi connectivity index (χ4v) is 4.58. The van der Waals surface area contributed by atoms with Crippen molar-refractivity contribution in [3.05, 3.63) is 88.4 Å². The number of carbonyl (C=O) groups is 2. The molecular formula is C32H37FN6O3. The van der Waals surface area contributed by atoms with Crippen LogP contribution in [0.2, 0.25) is 0 Å². The number of amides is 3. The van der Waals surface area contributed by atoms with E-state index in [0.717, 1.165) is 25.1 Å². The van der Waals surface area contributed by atoms with E-state index < -0.39 is 0 Å². The van der Waals surface area contributed by atoms with E-state index in [4.69, 9.17) is 4.74 Å². The molecule has 3 aromatic rings. The molecule has 2 aromatic carbocycles. The SMILES string of the molecule is COCCNC(=O)Nc1ccc(C#Cc2cc(C(=O)Nc3ccc(CN4CC[C@H](N(C)C)C4)c(F)c3)ccc2C)cn1. The molecule has 0 bridgehead atoms. The second kappa shape index (κ2) is 14.5. The minimum absolute atomic E-state index is 0.335. The molecule has 3 N–H and O–H groups in total. The number of likely N-dealkylation sites (tertiary alicyclic amines) is 1. The van der Waals surface area contributed by atoms with E-state index in [1.165, 1.54) is 6.07 Å². The molecule has 1 saturated heterocycles. The third kappa shape index (κ3) is 8.60. The van der Waals surface area contributed by atoms with Crippen molar-refractivity contribution >= 4 is 23.4 Å². The molecule has 1 fully saturated rings. The molecule has 1 aromatic heterocycles. The third-order valence-corrected chi connectivity index (χ3v) is 7.12. The van der Waals surface area contributed by atoms with Crippen LogP contribution in [0.3, 0.4) is 0 Å². The number of rotatable bonds is 9. The van der Waals surface area contributed by atoms with Gasteiger partial charge < -0.3 is 20.3 Å². The van der Waals surface area contributed by atoms with Crippen molar-refractivity contribution in [3.63, 3.8) is 0 Å². The Hall–Kier alpha value is -4.30. The number of urea groups is 1. The van der Waals surface area contributed by atoms with Crippen LogP contribution in [0.1, 0.15) is 39.0 Å². The van der Waals surface area contributed by atoms with E-state index in [0.29, 0.717) is 59.5 Å². The molecule has 0 unspecified atom stereocenters. The van der Waals surface area contributed by atoms with Gasteiger partial charge in [0, 0.05) is 73.5 Å². The summed E-state index contributed by atoms with van der Waals surface area (Å²) in [6.07, 6.45) is 2.63. The number of nitrogens with zero attached hydrogens (tertiary/aromatic N) is 3. The number of pyridine rings is 1. The largest absolute Gasteiger partial charge is 0.383 e. The third-order valence-electron chi connectivity index (χ3n) is 7.12. The number of likely N-dealkylation sites (N-methyl/N-ethyl adjacent to an activating group) is 1. The van der Waals surface area contributed by atoms with Crippen molar-refractivity contribution in [3.8, 4) is 11.8 Å². The van der Waals surface area contributed by atoms with Gasteiger partial charge in [-0.05, 0) is 69.4 Å². The first-order valence-corrected chi connectivity index (χ1v) is 13.8. The lowest BCUT2D eigenvalue weighted by atomic mass is 10.0. The average molecular weight is 573 g/mol. The Morgan fingerprint density at radius 2 is 1.95 bits per heavy atom. The van der Waals surface area contributed by atoms with E-state index in [1.807, 2.05) is 13.0 Å². The summed E-state index contributed by atoms with van der Waals surface area (Å²) in [5.74, 6) is 5.85. The molecule has 10 heteroatoms. The molecule has 0 spiro atoms. The van der Waals surface area contributed by atoms with Crippen LogP contribution in [-0.2, 0) is 11.3 Å². The topological polar surface area (TPSA) is 98.8 Å². The van der Waals surface area contributed by atoms with Crippen molar-refractivity contribution in [2.75, 3.05) is 58.1 Å². The van der Waals surface area contributed by atoms with Crippen LogP contribution in [0, 0.1) is 24.6 Å². The van der Waals surface area contributed by atoms with Crippen LogP contribution in [0.25, 0.3) is 0 Å². The first kappa shape index (κ1) is 30.7. The standard InChI is InChI=1S/C32H37FN6O3/c1-22-5-8-25(17-24(22)9-6-23-7-12-30(35-19-23)37-32(41)34-14-16-42-4)31(40)36-27-11-10-26(29(33)18-27)20-39-15-13-28(21-39)38(2)3/h5,7-8,10-12,17-19,28H,13-16,20-21H2,1-4H3,(H,36,40)(H2,34,35,37,41)/t28-/m0/s1. The van der Waals surface area contributed by atoms with Gasteiger partial charge in [0.2, 0.25) is 0 Å². The van der Waals surface area contributed by atoms with E-state index in [9.17, 15) is 14.0 Å². The van der Waals surface area contributed by atoms with Crippen LogP contribution < -0.4 is 16.0 Å². The van der Waals surface area contributed by atoms with E-state index in [-0.39, 0.29) is 17.8 Å². The Labute approximate surface area is 246 Å². The van der Waals surface area contributed by atoms with Crippen molar-refractivity contribution in [2.24, 2.45) is 0 Å². The fourth-order valence-electron chi connectivity index (χ4n) is 4.58. The van der Waals surface area contributed by atoms with Gasteiger partial charge >= 0.3 is 6.03 Å². The number of ether oxygens (including phenoxy) is 1. The summed E-state index contributed by atoms with van der Waals surface area (Å²) < 4.78 is 19.8. The van der Waals surface area contributed by atoms with Gasteiger partial charge in [-0.25, -0.2) is 14.2 Å². The molecule has 3 amide bonds. The predicted molar refractivity (Wildman–Crippen MR) is 162 cm³/mol. The maximum atomic E-state index is 14.9. The number of methoxy groups -OCH3 is 1. The second-order valence-corrected chi connectivity index (χ2v) is 10.5. The van der Waals surface area contributed by atoms with Gasteiger partial charge in [-0.15, -0.1) is 0 Å². The molecule has 1 atom stereocenters. The lowest BCUT2D eigenvalue weighted by Gasteiger charge is -2.20. The number of carbonyl (C=O) groups excluding carboxylic acids is 2. The summed E-state index contributed by atoms with van der Waals surface area (Å²) in [6, 6.07) is 13.6. The lowest BCUT2D eigenvalue weighted by molar-refractivity contribution is 0.102. The molecular weight excluding hydrogens is 535 g/mol. The van der Waals surface area contributed by atoms with Crippen molar-refractivity contribution in [1.29, 1.82) is 0 Å².